The molecule has 1 aliphatic rings. The number of fused-ring (bicyclic) bond motifs is 1. The molecule has 3 aromatic carbocycles. The molecule has 33 heavy (non-hydrogen) atoms. The van der Waals surface area contributed by atoms with Gasteiger partial charge in [0.05, 0.1) is 11.8 Å². The Balaban J connectivity index is 1.37. The van der Waals surface area contributed by atoms with Gasteiger partial charge in [0.2, 0.25) is 5.91 Å². The van der Waals surface area contributed by atoms with Crippen molar-refractivity contribution in [1.29, 1.82) is 0 Å². The van der Waals surface area contributed by atoms with Crippen LogP contribution >= 0.6 is 11.8 Å². The third kappa shape index (κ3) is 4.79. The van der Waals surface area contributed by atoms with Crippen LogP contribution in [-0.2, 0) is 11.3 Å². The quantitative estimate of drug-likeness (QED) is 0.390. The van der Waals surface area contributed by atoms with Crippen LogP contribution in [-0.4, -0.2) is 43.9 Å². The fraction of sp³-hybridized carbons (Fsp3) is 0.269. The molecule has 0 spiro atoms. The summed E-state index contributed by atoms with van der Waals surface area (Å²) < 4.78 is 2.09. The number of aromatic nitrogens is 3. The van der Waals surface area contributed by atoms with E-state index in [9.17, 15) is 4.79 Å². The fourth-order valence-electron chi connectivity index (χ4n) is 4.24. The number of rotatable bonds is 7. The lowest BCUT2D eigenvalue weighted by molar-refractivity contribution is -0.115. The molecule has 1 atom stereocenters. The molecule has 0 saturated carbocycles. The van der Waals surface area contributed by atoms with E-state index in [0.29, 0.717) is 0 Å². The zero-order valence-corrected chi connectivity index (χ0v) is 19.5. The van der Waals surface area contributed by atoms with E-state index < -0.39 is 0 Å². The van der Waals surface area contributed by atoms with Crippen LogP contribution in [0.5, 0.6) is 0 Å². The first-order valence-corrected chi connectivity index (χ1v) is 12.2. The second-order valence-electron chi connectivity index (χ2n) is 8.33. The molecule has 6 nitrogen and oxygen atoms in total. The van der Waals surface area contributed by atoms with E-state index in [4.69, 9.17) is 0 Å². The van der Waals surface area contributed by atoms with Crippen molar-refractivity contribution in [1.82, 2.24) is 19.7 Å². The van der Waals surface area contributed by atoms with Gasteiger partial charge in [0, 0.05) is 16.8 Å². The molecule has 168 valence electrons. The number of nitrogens with zero attached hydrogens (tertiary/aromatic N) is 4. The second kappa shape index (κ2) is 9.77. The average molecular weight is 458 g/mol. The highest BCUT2D eigenvalue weighted by Gasteiger charge is 2.23. The van der Waals surface area contributed by atoms with Crippen molar-refractivity contribution in [3.05, 3.63) is 78.6 Å². The number of thioether (sulfide) groups is 1. The summed E-state index contributed by atoms with van der Waals surface area (Å²) in [5.41, 5.74) is 1.84. The molecule has 1 saturated heterocycles. The number of benzene rings is 3. The van der Waals surface area contributed by atoms with Gasteiger partial charge >= 0.3 is 0 Å². The summed E-state index contributed by atoms with van der Waals surface area (Å²) in [4.78, 5) is 15.5. The zero-order valence-electron chi connectivity index (χ0n) is 18.6. The van der Waals surface area contributed by atoms with Crippen molar-refractivity contribution in [3.8, 4) is 5.69 Å². The molecule has 1 amide bonds. The van der Waals surface area contributed by atoms with Crippen molar-refractivity contribution < 1.29 is 4.79 Å². The third-order valence-corrected chi connectivity index (χ3v) is 7.02. The van der Waals surface area contributed by atoms with Gasteiger partial charge in [-0.1, -0.05) is 66.4 Å². The first-order valence-electron chi connectivity index (χ1n) is 11.4. The van der Waals surface area contributed by atoms with Gasteiger partial charge in [-0.25, -0.2) is 0 Å². The Bertz CT molecular complexity index is 1240. The number of carbonyl (C=O) groups excluding carboxylic acids is 1. The van der Waals surface area contributed by atoms with E-state index in [1.54, 1.807) is 0 Å². The van der Waals surface area contributed by atoms with Crippen LogP contribution in [0.3, 0.4) is 0 Å². The third-order valence-electron chi connectivity index (χ3n) is 5.98. The normalized spacial score (nSPS) is 15.1. The molecular formula is C26H27N5OS. The predicted octanol–water partition coefficient (Wildman–Crippen LogP) is 5.14. The maximum Gasteiger partial charge on any atom is 0.237 e. The number of para-hydroxylation sites is 1. The highest BCUT2D eigenvalue weighted by atomic mass is 32.2. The molecule has 1 unspecified atom stereocenters. The Kier molecular flexibility index (Phi) is 6.41. The molecule has 0 aliphatic carbocycles. The molecule has 1 aromatic heterocycles. The maximum absolute atomic E-state index is 13.1. The SMILES string of the molecule is CC(Sc1nnc(CN2CCCC2)n1-c1ccccc1)C(=O)Nc1cccc2ccccc12. The van der Waals surface area contributed by atoms with E-state index >= 15 is 0 Å². The zero-order chi connectivity index (χ0) is 22.6. The smallest absolute Gasteiger partial charge is 0.237 e. The Morgan fingerprint density at radius 1 is 0.970 bits per heavy atom. The monoisotopic (exact) mass is 457 g/mol. The maximum atomic E-state index is 13.1. The van der Waals surface area contributed by atoms with Crippen molar-refractivity contribution in [3.63, 3.8) is 0 Å². The number of hydrogen-bond acceptors (Lipinski definition) is 5. The summed E-state index contributed by atoms with van der Waals surface area (Å²) in [6, 6.07) is 24.2. The molecule has 1 aliphatic heterocycles. The minimum atomic E-state index is -0.338. The number of hydrogen-bond donors (Lipinski definition) is 1. The highest BCUT2D eigenvalue weighted by molar-refractivity contribution is 8.00. The second-order valence-corrected chi connectivity index (χ2v) is 9.64. The summed E-state index contributed by atoms with van der Waals surface area (Å²) in [5.74, 6) is 0.854. The van der Waals surface area contributed by atoms with Gasteiger partial charge in [0.1, 0.15) is 0 Å². The molecule has 0 radical (unpaired) electrons. The summed E-state index contributed by atoms with van der Waals surface area (Å²) in [6.07, 6.45) is 2.46. The molecule has 0 bridgehead atoms. The Morgan fingerprint density at radius 2 is 1.70 bits per heavy atom. The van der Waals surface area contributed by atoms with Gasteiger partial charge in [-0.05, 0) is 56.4 Å². The largest absolute Gasteiger partial charge is 0.325 e. The Hall–Kier alpha value is -3.16. The predicted molar refractivity (Wildman–Crippen MR) is 134 cm³/mol. The van der Waals surface area contributed by atoms with E-state index in [1.165, 1.54) is 24.6 Å². The topological polar surface area (TPSA) is 63.1 Å². The number of likely N-dealkylation sites (tertiary alicyclic amines) is 1. The van der Waals surface area contributed by atoms with E-state index in [1.807, 2.05) is 67.6 Å². The Labute approximate surface area is 198 Å². The van der Waals surface area contributed by atoms with Crippen LogP contribution in [0.1, 0.15) is 25.6 Å². The molecule has 4 aromatic rings. The van der Waals surface area contributed by atoms with Gasteiger partial charge in [-0.15, -0.1) is 10.2 Å². The van der Waals surface area contributed by atoms with Gasteiger partial charge in [0.15, 0.2) is 11.0 Å². The number of amides is 1. The highest BCUT2D eigenvalue weighted by Crippen LogP contribution is 2.29. The molecule has 1 N–H and O–H groups in total. The van der Waals surface area contributed by atoms with E-state index in [2.05, 4.69) is 37.1 Å². The van der Waals surface area contributed by atoms with Gasteiger partial charge in [-0.2, -0.15) is 0 Å². The summed E-state index contributed by atoms with van der Waals surface area (Å²) in [7, 11) is 0. The van der Waals surface area contributed by atoms with E-state index in [-0.39, 0.29) is 11.2 Å². The van der Waals surface area contributed by atoms with Crippen LogP contribution in [0.4, 0.5) is 5.69 Å². The van der Waals surface area contributed by atoms with Crippen LogP contribution in [0, 0.1) is 0 Å². The molecule has 5 rings (SSSR count). The standard InChI is InChI=1S/C26H27N5OS/c1-19(25(32)27-23-15-9-11-20-10-5-6-14-22(20)23)33-26-29-28-24(18-30-16-7-8-17-30)31(26)21-12-3-2-4-13-21/h2-6,9-15,19H,7-8,16-18H2,1H3,(H,27,32). The fourth-order valence-corrected chi connectivity index (χ4v) is 5.12. The van der Waals surface area contributed by atoms with Gasteiger partial charge in [-0.3, -0.25) is 14.3 Å². The molecule has 1 fully saturated rings. The van der Waals surface area contributed by atoms with Crippen LogP contribution in [0.2, 0.25) is 0 Å². The van der Waals surface area contributed by atoms with Crippen LogP contribution in [0.25, 0.3) is 16.5 Å². The van der Waals surface area contributed by atoms with Crippen LogP contribution < -0.4 is 5.32 Å². The van der Waals surface area contributed by atoms with E-state index in [0.717, 1.165) is 52.8 Å². The summed E-state index contributed by atoms with van der Waals surface area (Å²) in [5, 5.41) is 14.6. The lowest BCUT2D eigenvalue weighted by atomic mass is 10.1. The number of anilines is 1. The van der Waals surface area contributed by atoms with Crippen molar-refractivity contribution in [2.24, 2.45) is 0 Å². The van der Waals surface area contributed by atoms with Crippen molar-refractivity contribution in [2.45, 2.75) is 36.7 Å². The summed E-state index contributed by atoms with van der Waals surface area (Å²) in [6.45, 7) is 4.86. The Morgan fingerprint density at radius 3 is 2.52 bits per heavy atom. The first kappa shape index (κ1) is 21.7. The lowest BCUT2D eigenvalue weighted by Crippen LogP contribution is -2.23. The van der Waals surface area contributed by atoms with Gasteiger partial charge in [0.25, 0.3) is 0 Å². The molecule has 7 heteroatoms. The van der Waals surface area contributed by atoms with Crippen molar-refractivity contribution in [2.75, 3.05) is 18.4 Å². The number of carbonyl (C=O) groups is 1. The first-order chi connectivity index (χ1) is 16.2. The van der Waals surface area contributed by atoms with Crippen LogP contribution in [0.15, 0.2) is 78.0 Å². The number of nitrogens with one attached hydrogen (secondary N) is 1. The lowest BCUT2D eigenvalue weighted by Gasteiger charge is -2.17. The molecular weight excluding hydrogens is 430 g/mol. The minimum absolute atomic E-state index is 0.0555. The summed E-state index contributed by atoms with van der Waals surface area (Å²) >= 11 is 1.44. The minimum Gasteiger partial charge on any atom is -0.325 e. The molecule has 2 heterocycles. The average Bonchev–Trinajstić information content (AvgIpc) is 3.50. The van der Waals surface area contributed by atoms with Gasteiger partial charge < -0.3 is 5.32 Å². The van der Waals surface area contributed by atoms with Crippen molar-refractivity contribution >= 4 is 34.1 Å².